The lowest BCUT2D eigenvalue weighted by Crippen LogP contribution is -2.38. The molecule has 0 radical (unpaired) electrons. The van der Waals surface area contributed by atoms with Gasteiger partial charge in [-0.2, -0.15) is 16.1 Å². The van der Waals surface area contributed by atoms with E-state index >= 15 is 0 Å². The fraction of sp³-hybridized carbons (Fsp3) is 0.571. The van der Waals surface area contributed by atoms with Gasteiger partial charge in [-0.3, -0.25) is 0 Å². The van der Waals surface area contributed by atoms with Gasteiger partial charge >= 0.3 is 0 Å². The Morgan fingerprint density at radius 3 is 2.62 bits per heavy atom. The van der Waals surface area contributed by atoms with Crippen molar-refractivity contribution in [1.82, 2.24) is 9.62 Å². The zero-order chi connectivity index (χ0) is 16.0. The molecule has 1 N–H and O–H groups in total. The molecule has 0 aliphatic rings. The van der Waals surface area contributed by atoms with Gasteiger partial charge in [-0.05, 0) is 37.4 Å². The van der Waals surface area contributed by atoms with Gasteiger partial charge in [-0.1, -0.05) is 24.6 Å². The van der Waals surface area contributed by atoms with Crippen LogP contribution in [0, 0.1) is 0 Å². The Morgan fingerprint density at radius 1 is 1.43 bits per heavy atom. The van der Waals surface area contributed by atoms with Crippen LogP contribution in [0.5, 0.6) is 0 Å². The standard InChI is InChI=1S/C14H23ClN2O2S2/c1-5-12(10-20-4)17(3)21(18,19)14-8-11(9-16-2)6-7-13(14)15/h6-8,12,16H,5,9-10H2,1-4H3. The molecule has 1 aromatic carbocycles. The van der Waals surface area contributed by atoms with E-state index in [2.05, 4.69) is 5.32 Å². The number of benzene rings is 1. The Hall–Kier alpha value is -0.270. The molecule has 4 nitrogen and oxygen atoms in total. The first-order chi connectivity index (χ1) is 9.88. The molecular formula is C14H23ClN2O2S2. The molecule has 0 saturated heterocycles. The summed E-state index contributed by atoms with van der Waals surface area (Å²) in [5.74, 6) is 0.764. The number of hydrogen-bond donors (Lipinski definition) is 1. The Bertz CT molecular complexity index is 564. The number of rotatable bonds is 8. The van der Waals surface area contributed by atoms with E-state index in [4.69, 9.17) is 11.6 Å². The predicted molar refractivity (Wildman–Crippen MR) is 91.6 cm³/mol. The molecule has 1 atom stereocenters. The van der Waals surface area contributed by atoms with Gasteiger partial charge in [0, 0.05) is 25.4 Å². The van der Waals surface area contributed by atoms with Crippen LogP contribution in [0.2, 0.25) is 5.02 Å². The zero-order valence-electron chi connectivity index (χ0n) is 12.9. The fourth-order valence-corrected chi connectivity index (χ4v) is 4.97. The minimum Gasteiger partial charge on any atom is -0.316 e. The molecule has 1 aromatic rings. The summed E-state index contributed by atoms with van der Waals surface area (Å²) in [4.78, 5) is 0.180. The van der Waals surface area contributed by atoms with Gasteiger partial charge in [0.1, 0.15) is 4.90 Å². The molecule has 120 valence electrons. The second kappa shape index (κ2) is 8.39. The number of nitrogens with zero attached hydrogens (tertiary/aromatic N) is 1. The average Bonchev–Trinajstić information content (AvgIpc) is 2.46. The van der Waals surface area contributed by atoms with E-state index in [1.54, 1.807) is 30.9 Å². The topological polar surface area (TPSA) is 49.4 Å². The van der Waals surface area contributed by atoms with Crippen molar-refractivity contribution in [1.29, 1.82) is 0 Å². The summed E-state index contributed by atoms with van der Waals surface area (Å²) in [5.41, 5.74) is 0.895. The van der Waals surface area contributed by atoms with Crippen LogP contribution in [0.25, 0.3) is 0 Å². The number of thioether (sulfide) groups is 1. The number of hydrogen-bond acceptors (Lipinski definition) is 4. The maximum Gasteiger partial charge on any atom is 0.244 e. The third-order valence-corrected chi connectivity index (χ3v) is 6.49. The lowest BCUT2D eigenvalue weighted by molar-refractivity contribution is 0.385. The summed E-state index contributed by atoms with van der Waals surface area (Å²) in [6, 6.07) is 5.09. The maximum atomic E-state index is 12.8. The molecule has 1 unspecified atom stereocenters. The third kappa shape index (κ3) is 4.60. The Balaban J connectivity index is 3.19. The summed E-state index contributed by atoms with van der Waals surface area (Å²) in [6.45, 7) is 2.59. The Labute approximate surface area is 137 Å². The third-order valence-electron chi connectivity index (χ3n) is 3.38. The Kier molecular flexibility index (Phi) is 7.50. The van der Waals surface area contributed by atoms with Crippen molar-refractivity contribution in [2.75, 3.05) is 26.1 Å². The molecule has 7 heteroatoms. The molecule has 0 bridgehead atoms. The van der Waals surface area contributed by atoms with Crippen LogP contribution in [0.3, 0.4) is 0 Å². The SMILES string of the molecule is CCC(CSC)N(C)S(=O)(=O)c1cc(CNC)ccc1Cl. The van der Waals surface area contributed by atoms with Crippen molar-refractivity contribution in [3.63, 3.8) is 0 Å². The number of halogens is 1. The molecule has 21 heavy (non-hydrogen) atoms. The largest absolute Gasteiger partial charge is 0.316 e. The molecule has 0 spiro atoms. The highest BCUT2D eigenvalue weighted by Crippen LogP contribution is 2.27. The van der Waals surface area contributed by atoms with Gasteiger partial charge in [0.05, 0.1) is 5.02 Å². The van der Waals surface area contributed by atoms with E-state index < -0.39 is 10.0 Å². The van der Waals surface area contributed by atoms with Crippen molar-refractivity contribution in [2.45, 2.75) is 30.8 Å². The minimum absolute atomic E-state index is 0.0333. The molecular weight excluding hydrogens is 328 g/mol. The maximum absolute atomic E-state index is 12.8. The van der Waals surface area contributed by atoms with Gasteiger partial charge in [0.25, 0.3) is 0 Å². The summed E-state index contributed by atoms with van der Waals surface area (Å²) in [5, 5.41) is 3.28. The van der Waals surface area contributed by atoms with E-state index in [1.807, 2.05) is 26.3 Å². The highest BCUT2D eigenvalue weighted by molar-refractivity contribution is 7.98. The van der Waals surface area contributed by atoms with Crippen molar-refractivity contribution in [2.24, 2.45) is 0 Å². The van der Waals surface area contributed by atoms with Crippen molar-refractivity contribution >= 4 is 33.4 Å². The summed E-state index contributed by atoms with van der Waals surface area (Å²) < 4.78 is 27.0. The number of nitrogens with one attached hydrogen (secondary N) is 1. The first kappa shape index (κ1) is 18.8. The molecule has 0 saturated carbocycles. The predicted octanol–water partition coefficient (Wildman–Crippen LogP) is 2.82. The monoisotopic (exact) mass is 350 g/mol. The lowest BCUT2D eigenvalue weighted by Gasteiger charge is -2.26. The van der Waals surface area contributed by atoms with Crippen LogP contribution in [0.15, 0.2) is 23.1 Å². The molecule has 0 aliphatic heterocycles. The quantitative estimate of drug-likeness (QED) is 0.783. The average molecular weight is 351 g/mol. The molecule has 0 fully saturated rings. The summed E-state index contributed by atoms with van der Waals surface area (Å²) in [7, 11) is -0.138. The first-order valence-corrected chi connectivity index (χ1v) is 9.99. The van der Waals surface area contributed by atoms with Gasteiger partial charge in [-0.25, -0.2) is 8.42 Å². The highest BCUT2D eigenvalue weighted by atomic mass is 35.5. The molecule has 0 amide bonds. The molecule has 0 aliphatic carbocycles. The second-order valence-electron chi connectivity index (χ2n) is 4.83. The van der Waals surface area contributed by atoms with Crippen LogP contribution < -0.4 is 5.32 Å². The Morgan fingerprint density at radius 2 is 2.10 bits per heavy atom. The summed E-state index contributed by atoms with van der Waals surface area (Å²) in [6.07, 6.45) is 2.74. The van der Waals surface area contributed by atoms with Gasteiger partial charge in [0.15, 0.2) is 0 Å². The van der Waals surface area contributed by atoms with E-state index in [1.165, 1.54) is 4.31 Å². The van der Waals surface area contributed by atoms with Crippen LogP contribution in [-0.2, 0) is 16.6 Å². The van der Waals surface area contributed by atoms with Gasteiger partial charge < -0.3 is 5.32 Å². The van der Waals surface area contributed by atoms with E-state index in [0.29, 0.717) is 6.54 Å². The first-order valence-electron chi connectivity index (χ1n) is 6.78. The van der Waals surface area contributed by atoms with Gasteiger partial charge in [-0.15, -0.1) is 0 Å². The normalized spacial score (nSPS) is 13.6. The van der Waals surface area contributed by atoms with Crippen molar-refractivity contribution < 1.29 is 8.42 Å². The van der Waals surface area contributed by atoms with Crippen LogP contribution in [0.4, 0.5) is 0 Å². The molecule has 0 aromatic heterocycles. The van der Waals surface area contributed by atoms with Crippen LogP contribution >= 0.6 is 23.4 Å². The molecule has 0 heterocycles. The van der Waals surface area contributed by atoms with Gasteiger partial charge in [0.2, 0.25) is 10.0 Å². The van der Waals surface area contributed by atoms with Crippen LogP contribution in [-0.4, -0.2) is 44.9 Å². The van der Waals surface area contributed by atoms with E-state index in [0.717, 1.165) is 17.7 Å². The fourth-order valence-electron chi connectivity index (χ4n) is 2.08. The number of sulfonamides is 1. The lowest BCUT2D eigenvalue weighted by atomic mass is 10.2. The van der Waals surface area contributed by atoms with E-state index in [9.17, 15) is 8.42 Å². The van der Waals surface area contributed by atoms with Crippen molar-refractivity contribution in [3.8, 4) is 0 Å². The van der Waals surface area contributed by atoms with Crippen LogP contribution in [0.1, 0.15) is 18.9 Å². The highest BCUT2D eigenvalue weighted by Gasteiger charge is 2.28. The second-order valence-corrected chi connectivity index (χ2v) is 8.12. The van der Waals surface area contributed by atoms with E-state index in [-0.39, 0.29) is 16.0 Å². The minimum atomic E-state index is -3.58. The smallest absolute Gasteiger partial charge is 0.244 e. The summed E-state index contributed by atoms with van der Waals surface area (Å²) >= 11 is 7.76. The van der Waals surface area contributed by atoms with Crippen molar-refractivity contribution in [3.05, 3.63) is 28.8 Å². The molecule has 1 rings (SSSR count). The zero-order valence-corrected chi connectivity index (χ0v) is 15.3.